The fourth-order valence-corrected chi connectivity index (χ4v) is 6.21. The molecule has 1 N–H and O–H groups in total. The molecule has 0 aliphatic carbocycles. The molecule has 0 aliphatic rings. The SMILES string of the molecule is COc1ccc(CCN(CCC(=O)Nc2nnc(-c3ccc(C(F)(F)F)cc3)s2)S(=O)(=O)c2ccccc2)cc1OC. The third-order valence-electron chi connectivity index (χ3n) is 6.20. The van der Waals surface area contributed by atoms with E-state index in [0.717, 1.165) is 29.0 Å². The Morgan fingerprint density at radius 1 is 0.929 bits per heavy atom. The first kappa shape index (κ1) is 30.9. The lowest BCUT2D eigenvalue weighted by Crippen LogP contribution is -2.35. The second-order valence-electron chi connectivity index (χ2n) is 8.94. The predicted octanol–water partition coefficient (Wildman–Crippen LogP) is 5.50. The fraction of sp³-hybridized carbons (Fsp3) is 0.250. The summed E-state index contributed by atoms with van der Waals surface area (Å²) in [6.07, 6.45) is -4.28. The third-order valence-corrected chi connectivity index (χ3v) is 9.00. The Morgan fingerprint density at radius 2 is 1.62 bits per heavy atom. The average Bonchev–Trinajstić information content (AvgIpc) is 3.45. The van der Waals surface area contributed by atoms with E-state index < -0.39 is 27.7 Å². The van der Waals surface area contributed by atoms with Crippen molar-refractivity contribution in [3.05, 3.63) is 83.9 Å². The summed E-state index contributed by atoms with van der Waals surface area (Å²) in [5.74, 6) is 0.564. The van der Waals surface area contributed by atoms with Gasteiger partial charge < -0.3 is 14.8 Å². The number of ether oxygens (including phenoxy) is 2. The van der Waals surface area contributed by atoms with Crippen molar-refractivity contribution in [3.8, 4) is 22.1 Å². The van der Waals surface area contributed by atoms with Crippen LogP contribution in [-0.4, -0.2) is 56.1 Å². The molecule has 0 radical (unpaired) electrons. The Hall–Kier alpha value is -4.01. The number of nitrogens with zero attached hydrogens (tertiary/aromatic N) is 3. The van der Waals surface area contributed by atoms with Crippen molar-refractivity contribution in [3.63, 3.8) is 0 Å². The third kappa shape index (κ3) is 7.63. The number of nitrogens with one attached hydrogen (secondary N) is 1. The highest BCUT2D eigenvalue weighted by Crippen LogP contribution is 2.32. The Labute approximate surface area is 245 Å². The van der Waals surface area contributed by atoms with Gasteiger partial charge in [-0.05, 0) is 48.4 Å². The highest BCUT2D eigenvalue weighted by atomic mass is 32.2. The van der Waals surface area contributed by atoms with Crippen LogP contribution in [0.4, 0.5) is 18.3 Å². The highest BCUT2D eigenvalue weighted by molar-refractivity contribution is 7.89. The number of anilines is 1. The molecule has 3 aromatic carbocycles. The van der Waals surface area contributed by atoms with E-state index in [2.05, 4.69) is 15.5 Å². The van der Waals surface area contributed by atoms with Crippen molar-refractivity contribution in [2.45, 2.75) is 23.9 Å². The van der Waals surface area contributed by atoms with E-state index in [1.807, 2.05) is 6.07 Å². The minimum atomic E-state index is -4.46. The molecule has 1 aromatic heterocycles. The van der Waals surface area contributed by atoms with E-state index in [1.165, 1.54) is 42.8 Å². The Morgan fingerprint density at radius 3 is 2.26 bits per heavy atom. The van der Waals surface area contributed by atoms with Gasteiger partial charge >= 0.3 is 6.18 Å². The lowest BCUT2D eigenvalue weighted by Gasteiger charge is -2.22. The molecule has 0 bridgehead atoms. The number of alkyl halides is 3. The van der Waals surface area contributed by atoms with Gasteiger partial charge in [-0.3, -0.25) is 4.79 Å². The molecule has 14 heteroatoms. The van der Waals surface area contributed by atoms with E-state index in [9.17, 15) is 26.4 Å². The van der Waals surface area contributed by atoms with Crippen LogP contribution in [0.15, 0.2) is 77.7 Å². The summed E-state index contributed by atoms with van der Waals surface area (Å²) in [5.41, 5.74) is 0.441. The average molecular weight is 621 g/mol. The smallest absolute Gasteiger partial charge is 0.416 e. The monoisotopic (exact) mass is 620 g/mol. The Kier molecular flexibility index (Phi) is 9.81. The zero-order valence-electron chi connectivity index (χ0n) is 22.6. The minimum Gasteiger partial charge on any atom is -0.493 e. The molecule has 0 aliphatic heterocycles. The van der Waals surface area contributed by atoms with Crippen LogP contribution in [-0.2, 0) is 27.4 Å². The molecule has 0 unspecified atom stereocenters. The molecule has 0 fully saturated rings. The standard InChI is InChI=1S/C28H27F3N4O5S2/c1-39-23-13-8-19(18-24(23)40-2)14-16-35(42(37,38)22-6-4-3-5-7-22)17-15-25(36)32-27-34-33-26(41-27)20-9-11-21(12-10-20)28(29,30)31/h3-13,18H,14-17H2,1-2H3,(H,32,34,36). The molecule has 0 saturated heterocycles. The quantitative estimate of drug-likeness (QED) is 0.223. The molecular weight excluding hydrogens is 593 g/mol. The van der Waals surface area contributed by atoms with Crippen LogP contribution in [0.2, 0.25) is 0 Å². The lowest BCUT2D eigenvalue weighted by atomic mass is 10.1. The molecular formula is C28H27F3N4O5S2. The largest absolute Gasteiger partial charge is 0.493 e. The summed E-state index contributed by atoms with van der Waals surface area (Å²) in [6.45, 7) is -0.0161. The van der Waals surface area contributed by atoms with E-state index in [1.54, 1.807) is 30.3 Å². The van der Waals surface area contributed by atoms with Crippen molar-refractivity contribution >= 4 is 32.4 Å². The molecule has 1 heterocycles. The van der Waals surface area contributed by atoms with E-state index >= 15 is 0 Å². The lowest BCUT2D eigenvalue weighted by molar-refractivity contribution is -0.137. The number of halogens is 3. The van der Waals surface area contributed by atoms with Crippen molar-refractivity contribution in [2.24, 2.45) is 0 Å². The number of aromatic nitrogens is 2. The van der Waals surface area contributed by atoms with E-state index in [4.69, 9.17) is 9.47 Å². The normalized spacial score (nSPS) is 11.9. The molecule has 4 aromatic rings. The zero-order chi connectivity index (χ0) is 30.3. The maximum Gasteiger partial charge on any atom is 0.416 e. The van der Waals surface area contributed by atoms with Gasteiger partial charge in [-0.15, -0.1) is 10.2 Å². The van der Waals surface area contributed by atoms with Gasteiger partial charge in [-0.2, -0.15) is 17.5 Å². The van der Waals surface area contributed by atoms with Gasteiger partial charge in [-0.1, -0.05) is 47.7 Å². The van der Waals surface area contributed by atoms with Crippen LogP contribution in [0.25, 0.3) is 10.6 Å². The molecule has 222 valence electrons. The molecule has 0 saturated carbocycles. The summed E-state index contributed by atoms with van der Waals surface area (Å²) in [6, 6.07) is 17.7. The number of methoxy groups -OCH3 is 2. The summed E-state index contributed by atoms with van der Waals surface area (Å²) < 4.78 is 77.3. The number of hydrogen-bond acceptors (Lipinski definition) is 8. The summed E-state index contributed by atoms with van der Waals surface area (Å²) in [4.78, 5) is 12.9. The van der Waals surface area contributed by atoms with Crippen molar-refractivity contribution < 1.29 is 35.9 Å². The van der Waals surface area contributed by atoms with Crippen LogP contribution < -0.4 is 14.8 Å². The second-order valence-corrected chi connectivity index (χ2v) is 11.9. The first-order valence-corrected chi connectivity index (χ1v) is 14.8. The van der Waals surface area contributed by atoms with Crippen LogP contribution in [0.5, 0.6) is 11.5 Å². The Balaban J connectivity index is 1.44. The number of sulfonamides is 1. The molecule has 0 spiro atoms. The number of rotatable bonds is 12. The number of hydrogen-bond donors (Lipinski definition) is 1. The predicted molar refractivity (Wildman–Crippen MR) is 152 cm³/mol. The first-order chi connectivity index (χ1) is 20.0. The summed E-state index contributed by atoms with van der Waals surface area (Å²) in [5, 5.41) is 10.9. The molecule has 1 amide bonds. The maximum absolute atomic E-state index is 13.5. The molecule has 0 atom stereocenters. The molecule has 4 rings (SSSR count). The van der Waals surface area contributed by atoms with Crippen molar-refractivity contribution in [1.29, 1.82) is 0 Å². The Bertz CT molecular complexity index is 1610. The summed E-state index contributed by atoms with van der Waals surface area (Å²) in [7, 11) is -0.890. The van der Waals surface area contributed by atoms with Crippen LogP contribution in [0, 0.1) is 0 Å². The van der Waals surface area contributed by atoms with Gasteiger partial charge in [-0.25, -0.2) is 8.42 Å². The van der Waals surface area contributed by atoms with Crippen LogP contribution in [0.1, 0.15) is 17.5 Å². The number of benzene rings is 3. The van der Waals surface area contributed by atoms with Crippen LogP contribution in [0.3, 0.4) is 0 Å². The number of carbonyl (C=O) groups excluding carboxylic acids is 1. The van der Waals surface area contributed by atoms with Crippen LogP contribution >= 0.6 is 11.3 Å². The molecule has 9 nitrogen and oxygen atoms in total. The number of carbonyl (C=O) groups is 1. The van der Waals surface area contributed by atoms with Gasteiger partial charge in [0.05, 0.1) is 24.7 Å². The van der Waals surface area contributed by atoms with E-state index in [0.29, 0.717) is 28.5 Å². The zero-order valence-corrected chi connectivity index (χ0v) is 24.2. The van der Waals surface area contributed by atoms with Crippen molar-refractivity contribution in [1.82, 2.24) is 14.5 Å². The van der Waals surface area contributed by atoms with Gasteiger partial charge in [0, 0.05) is 25.1 Å². The van der Waals surface area contributed by atoms with E-state index in [-0.39, 0.29) is 29.5 Å². The second kappa shape index (κ2) is 13.3. The maximum atomic E-state index is 13.5. The van der Waals surface area contributed by atoms with Gasteiger partial charge in [0.1, 0.15) is 5.01 Å². The minimum absolute atomic E-state index is 0.0941. The molecule has 42 heavy (non-hydrogen) atoms. The van der Waals surface area contributed by atoms with Gasteiger partial charge in [0.25, 0.3) is 0 Å². The fourth-order valence-electron chi connectivity index (χ4n) is 3.98. The summed E-state index contributed by atoms with van der Waals surface area (Å²) >= 11 is 0.989. The van der Waals surface area contributed by atoms with Gasteiger partial charge in [0.15, 0.2) is 11.5 Å². The first-order valence-electron chi connectivity index (χ1n) is 12.6. The topological polar surface area (TPSA) is 111 Å². The number of amides is 1. The van der Waals surface area contributed by atoms with Crippen molar-refractivity contribution in [2.75, 3.05) is 32.6 Å². The highest BCUT2D eigenvalue weighted by Gasteiger charge is 2.30. The van der Waals surface area contributed by atoms with Gasteiger partial charge in [0.2, 0.25) is 21.1 Å².